The largest absolute Gasteiger partial charge is 0.396 e. The van der Waals surface area contributed by atoms with Crippen LogP contribution in [-0.2, 0) is 19.5 Å². The first-order valence-corrected chi connectivity index (χ1v) is 8.03. The van der Waals surface area contributed by atoms with Crippen molar-refractivity contribution in [1.82, 2.24) is 0 Å². The van der Waals surface area contributed by atoms with Gasteiger partial charge in [0.05, 0.1) is 24.6 Å². The standard InChI is InChI=1S/C13H23N3O4S/c1-10(9-20-3)16(7-8-19-2)11-5-4-6-12(13(11)14)21(15,17)18/h4-6,10H,7-9,14H2,1-3H3,(H2,15,17,18). The summed E-state index contributed by atoms with van der Waals surface area (Å²) in [6.45, 7) is 3.47. The van der Waals surface area contributed by atoms with Crippen molar-refractivity contribution in [2.75, 3.05) is 44.6 Å². The van der Waals surface area contributed by atoms with E-state index >= 15 is 0 Å². The van der Waals surface area contributed by atoms with Crippen molar-refractivity contribution in [2.24, 2.45) is 5.14 Å². The lowest BCUT2D eigenvalue weighted by Gasteiger charge is -2.32. The van der Waals surface area contributed by atoms with Crippen LogP contribution in [0.3, 0.4) is 0 Å². The van der Waals surface area contributed by atoms with E-state index in [1.54, 1.807) is 26.4 Å². The molecule has 0 saturated carbocycles. The van der Waals surface area contributed by atoms with Gasteiger partial charge in [-0.1, -0.05) is 6.07 Å². The first-order chi connectivity index (χ1) is 9.82. The number of rotatable bonds is 8. The lowest BCUT2D eigenvalue weighted by atomic mass is 10.2. The fourth-order valence-electron chi connectivity index (χ4n) is 2.13. The SMILES string of the molecule is COCCN(c1cccc(S(N)(=O)=O)c1N)C(C)COC. The van der Waals surface area contributed by atoms with Crippen molar-refractivity contribution in [3.8, 4) is 0 Å². The maximum Gasteiger partial charge on any atom is 0.240 e. The van der Waals surface area contributed by atoms with Gasteiger partial charge in [0, 0.05) is 26.8 Å². The van der Waals surface area contributed by atoms with E-state index in [1.165, 1.54) is 6.07 Å². The summed E-state index contributed by atoms with van der Waals surface area (Å²) in [5.41, 5.74) is 6.73. The minimum Gasteiger partial charge on any atom is -0.396 e. The van der Waals surface area contributed by atoms with Gasteiger partial charge in [-0.2, -0.15) is 0 Å². The van der Waals surface area contributed by atoms with Crippen LogP contribution in [0.5, 0.6) is 0 Å². The highest BCUT2D eigenvalue weighted by atomic mass is 32.2. The van der Waals surface area contributed by atoms with Gasteiger partial charge in [-0.15, -0.1) is 0 Å². The van der Waals surface area contributed by atoms with Gasteiger partial charge in [0.1, 0.15) is 4.90 Å². The van der Waals surface area contributed by atoms with Crippen LogP contribution in [-0.4, -0.2) is 48.4 Å². The van der Waals surface area contributed by atoms with Gasteiger partial charge in [0.15, 0.2) is 0 Å². The Morgan fingerprint density at radius 2 is 1.95 bits per heavy atom. The monoisotopic (exact) mass is 317 g/mol. The van der Waals surface area contributed by atoms with E-state index in [2.05, 4.69) is 0 Å². The molecule has 0 aliphatic heterocycles. The Balaban J connectivity index is 3.24. The zero-order valence-corrected chi connectivity index (χ0v) is 13.4. The summed E-state index contributed by atoms with van der Waals surface area (Å²) in [5, 5.41) is 5.19. The zero-order chi connectivity index (χ0) is 16.0. The molecule has 1 aromatic rings. The molecule has 8 heteroatoms. The van der Waals surface area contributed by atoms with Crippen LogP contribution in [0, 0.1) is 0 Å². The van der Waals surface area contributed by atoms with Gasteiger partial charge in [0.25, 0.3) is 0 Å². The minimum absolute atomic E-state index is 0.00294. The van der Waals surface area contributed by atoms with Crippen LogP contribution in [0.4, 0.5) is 11.4 Å². The van der Waals surface area contributed by atoms with Crippen molar-refractivity contribution in [3.63, 3.8) is 0 Å². The Labute approximate surface area is 125 Å². The van der Waals surface area contributed by atoms with E-state index < -0.39 is 10.0 Å². The van der Waals surface area contributed by atoms with Crippen LogP contribution in [0.2, 0.25) is 0 Å². The van der Waals surface area contributed by atoms with Gasteiger partial charge < -0.3 is 20.1 Å². The number of hydrogen-bond donors (Lipinski definition) is 2. The van der Waals surface area contributed by atoms with Crippen LogP contribution in [0.15, 0.2) is 23.1 Å². The number of para-hydroxylation sites is 1. The number of nitrogen functional groups attached to an aromatic ring is 1. The molecule has 0 saturated heterocycles. The number of sulfonamides is 1. The summed E-state index contributed by atoms with van der Waals surface area (Å²) >= 11 is 0. The molecular weight excluding hydrogens is 294 g/mol. The molecule has 0 fully saturated rings. The Morgan fingerprint density at radius 1 is 1.29 bits per heavy atom. The second kappa shape index (κ2) is 7.60. The van der Waals surface area contributed by atoms with Crippen molar-refractivity contribution < 1.29 is 17.9 Å². The third-order valence-electron chi connectivity index (χ3n) is 3.14. The minimum atomic E-state index is -3.86. The molecule has 0 spiro atoms. The molecular formula is C13H23N3O4S. The lowest BCUT2D eigenvalue weighted by molar-refractivity contribution is 0.171. The number of anilines is 2. The molecule has 0 radical (unpaired) electrons. The molecule has 0 aliphatic carbocycles. The topological polar surface area (TPSA) is 108 Å². The molecule has 0 bridgehead atoms. The summed E-state index contributed by atoms with van der Waals surface area (Å²) in [5.74, 6) is 0. The summed E-state index contributed by atoms with van der Waals surface area (Å²) in [6, 6.07) is 4.77. The van der Waals surface area contributed by atoms with Gasteiger partial charge in [0.2, 0.25) is 10.0 Å². The van der Waals surface area contributed by atoms with Crippen molar-refractivity contribution in [2.45, 2.75) is 17.9 Å². The first-order valence-electron chi connectivity index (χ1n) is 6.48. The van der Waals surface area contributed by atoms with Gasteiger partial charge in [-0.25, -0.2) is 13.6 Å². The number of methoxy groups -OCH3 is 2. The molecule has 7 nitrogen and oxygen atoms in total. The Morgan fingerprint density at radius 3 is 2.48 bits per heavy atom. The van der Waals surface area contributed by atoms with E-state index in [1.807, 2.05) is 11.8 Å². The number of ether oxygens (including phenoxy) is 2. The molecule has 0 aromatic heterocycles. The summed E-state index contributed by atoms with van der Waals surface area (Å²) < 4.78 is 33.4. The highest BCUT2D eigenvalue weighted by Crippen LogP contribution is 2.30. The molecule has 21 heavy (non-hydrogen) atoms. The third kappa shape index (κ3) is 4.57. The van der Waals surface area contributed by atoms with Crippen LogP contribution in [0.25, 0.3) is 0 Å². The fourth-order valence-corrected chi connectivity index (χ4v) is 2.81. The molecule has 1 unspecified atom stereocenters. The summed E-state index contributed by atoms with van der Waals surface area (Å²) in [7, 11) is -0.655. The predicted octanol–water partition coefficient (Wildman–Crippen LogP) is 0.404. The smallest absolute Gasteiger partial charge is 0.240 e. The summed E-state index contributed by atoms with van der Waals surface area (Å²) in [4.78, 5) is 1.86. The van der Waals surface area contributed by atoms with Crippen LogP contribution >= 0.6 is 0 Å². The van der Waals surface area contributed by atoms with Gasteiger partial charge in [-0.05, 0) is 19.1 Å². The van der Waals surface area contributed by atoms with E-state index in [-0.39, 0.29) is 16.6 Å². The predicted molar refractivity (Wildman–Crippen MR) is 82.8 cm³/mol. The molecule has 0 heterocycles. The molecule has 4 N–H and O–H groups in total. The molecule has 120 valence electrons. The van der Waals surface area contributed by atoms with Gasteiger partial charge >= 0.3 is 0 Å². The maximum atomic E-state index is 11.6. The second-order valence-corrected chi connectivity index (χ2v) is 6.25. The molecule has 0 aliphatic rings. The fraction of sp³-hybridized carbons (Fsp3) is 0.538. The highest BCUT2D eigenvalue weighted by molar-refractivity contribution is 7.89. The quantitative estimate of drug-likeness (QED) is 0.672. The number of nitrogens with zero attached hydrogens (tertiary/aromatic N) is 1. The van der Waals surface area contributed by atoms with Crippen molar-refractivity contribution in [3.05, 3.63) is 18.2 Å². The van der Waals surface area contributed by atoms with E-state index in [4.69, 9.17) is 20.3 Å². The summed E-state index contributed by atoms with van der Waals surface area (Å²) in [6.07, 6.45) is 0. The zero-order valence-electron chi connectivity index (χ0n) is 12.6. The number of primary sulfonamides is 1. The van der Waals surface area contributed by atoms with Crippen LogP contribution < -0.4 is 15.8 Å². The number of hydrogen-bond acceptors (Lipinski definition) is 6. The normalized spacial score (nSPS) is 13.1. The molecule has 1 atom stereocenters. The Hall–Kier alpha value is -1.35. The van der Waals surface area contributed by atoms with Crippen LogP contribution in [0.1, 0.15) is 6.92 Å². The Bertz CT molecular complexity index is 563. The van der Waals surface area contributed by atoms with Gasteiger partial charge in [-0.3, -0.25) is 0 Å². The number of nitrogens with two attached hydrogens (primary N) is 2. The van der Waals surface area contributed by atoms with E-state index in [0.717, 1.165) is 0 Å². The van der Waals surface area contributed by atoms with E-state index in [0.29, 0.717) is 25.4 Å². The Kier molecular flexibility index (Phi) is 6.41. The molecule has 1 aromatic carbocycles. The number of benzene rings is 1. The van der Waals surface area contributed by atoms with Crippen molar-refractivity contribution in [1.29, 1.82) is 0 Å². The first kappa shape index (κ1) is 17.7. The molecule has 0 amide bonds. The maximum absolute atomic E-state index is 11.6. The highest BCUT2D eigenvalue weighted by Gasteiger charge is 2.21. The lowest BCUT2D eigenvalue weighted by Crippen LogP contribution is -2.39. The third-order valence-corrected chi connectivity index (χ3v) is 4.10. The molecule has 1 rings (SSSR count). The average Bonchev–Trinajstić information content (AvgIpc) is 2.39. The second-order valence-electron chi connectivity index (χ2n) is 4.72. The average molecular weight is 317 g/mol. The van der Waals surface area contributed by atoms with E-state index in [9.17, 15) is 8.42 Å². The van der Waals surface area contributed by atoms with Crippen molar-refractivity contribution >= 4 is 21.4 Å².